The molecule has 2 fully saturated rings. The van der Waals surface area contributed by atoms with E-state index < -0.39 is 5.79 Å². The van der Waals surface area contributed by atoms with E-state index in [0.717, 1.165) is 54.6 Å². The molecule has 0 aromatic heterocycles. The minimum absolute atomic E-state index is 0.0167. The molecule has 1 spiro atoms. The van der Waals surface area contributed by atoms with Crippen molar-refractivity contribution in [2.24, 2.45) is 0 Å². The molecule has 5 rings (SSSR count). The zero-order valence-electron chi connectivity index (χ0n) is 17.1. The van der Waals surface area contributed by atoms with Crippen LogP contribution in [0.3, 0.4) is 0 Å². The lowest BCUT2D eigenvalue weighted by molar-refractivity contribution is -0.277. The highest BCUT2D eigenvalue weighted by atomic mass is 35.5. The summed E-state index contributed by atoms with van der Waals surface area (Å²) in [5, 5.41) is 0.751. The fourth-order valence-electron chi connectivity index (χ4n) is 4.55. The average Bonchev–Trinajstić information content (AvgIpc) is 2.97. The Labute approximate surface area is 181 Å². The van der Waals surface area contributed by atoms with Gasteiger partial charge in [-0.05, 0) is 37.6 Å². The van der Waals surface area contributed by atoms with Crippen molar-refractivity contribution in [3.8, 4) is 0 Å². The third-order valence-electron chi connectivity index (χ3n) is 6.16. The van der Waals surface area contributed by atoms with Gasteiger partial charge in [0, 0.05) is 42.5 Å². The van der Waals surface area contributed by atoms with Crippen LogP contribution in [-0.4, -0.2) is 56.4 Å². The van der Waals surface area contributed by atoms with Crippen molar-refractivity contribution in [1.29, 1.82) is 0 Å². The Kier molecular flexibility index (Phi) is 5.19. The predicted octanol–water partition coefficient (Wildman–Crippen LogP) is 3.44. The van der Waals surface area contributed by atoms with Gasteiger partial charge in [-0.1, -0.05) is 35.9 Å². The van der Waals surface area contributed by atoms with Crippen LogP contribution in [0.4, 0.5) is 11.4 Å². The maximum Gasteiger partial charge on any atom is 0.293 e. The first kappa shape index (κ1) is 19.8. The molecule has 30 heavy (non-hydrogen) atoms. The van der Waals surface area contributed by atoms with Crippen LogP contribution in [0.5, 0.6) is 0 Å². The number of piperazine rings is 1. The maximum atomic E-state index is 13.5. The molecule has 3 heterocycles. The van der Waals surface area contributed by atoms with E-state index in [1.54, 1.807) is 0 Å². The lowest BCUT2D eigenvalue weighted by Crippen LogP contribution is -2.54. The number of carbonyl (C=O) groups excluding carboxylic acids is 1. The third-order valence-corrected chi connectivity index (χ3v) is 6.40. The largest absolute Gasteiger partial charge is 0.369 e. The summed E-state index contributed by atoms with van der Waals surface area (Å²) in [6.07, 6.45) is 0.778. The molecule has 3 aliphatic heterocycles. The van der Waals surface area contributed by atoms with E-state index in [4.69, 9.17) is 21.1 Å². The molecule has 3 aliphatic rings. The zero-order chi connectivity index (χ0) is 20.7. The molecule has 0 unspecified atom stereocenters. The van der Waals surface area contributed by atoms with Crippen LogP contribution < -0.4 is 9.80 Å². The topological polar surface area (TPSA) is 45.3 Å². The van der Waals surface area contributed by atoms with Crippen LogP contribution in [-0.2, 0) is 20.1 Å². The number of halogens is 1. The van der Waals surface area contributed by atoms with Crippen molar-refractivity contribution in [2.75, 3.05) is 49.3 Å². The van der Waals surface area contributed by atoms with E-state index in [9.17, 15) is 4.79 Å². The fraction of sp³-hybridized carbons (Fsp3) is 0.435. The molecule has 2 aromatic rings. The monoisotopic (exact) mass is 427 g/mol. The van der Waals surface area contributed by atoms with Gasteiger partial charge in [0.05, 0.1) is 25.1 Å². The Morgan fingerprint density at radius 2 is 1.90 bits per heavy atom. The average molecular weight is 428 g/mol. The Hall–Kier alpha value is -2.12. The van der Waals surface area contributed by atoms with Crippen molar-refractivity contribution in [3.63, 3.8) is 0 Å². The quantitative estimate of drug-likeness (QED) is 0.750. The molecular weight excluding hydrogens is 402 g/mol. The highest BCUT2D eigenvalue weighted by molar-refractivity contribution is 6.30. The molecule has 0 N–H and O–H groups in total. The number of para-hydroxylation sites is 1. The highest BCUT2D eigenvalue weighted by Gasteiger charge is 2.56. The number of benzene rings is 2. The van der Waals surface area contributed by atoms with Crippen LogP contribution in [0.2, 0.25) is 5.02 Å². The number of rotatable bonds is 3. The van der Waals surface area contributed by atoms with Crippen LogP contribution in [0.15, 0.2) is 48.5 Å². The number of anilines is 2. The van der Waals surface area contributed by atoms with E-state index in [1.165, 1.54) is 0 Å². The number of amides is 1. The van der Waals surface area contributed by atoms with Crippen LogP contribution in [0.25, 0.3) is 0 Å². The summed E-state index contributed by atoms with van der Waals surface area (Å²) in [4.78, 5) is 20.0. The number of hydrogen-bond acceptors (Lipinski definition) is 5. The van der Waals surface area contributed by atoms with Gasteiger partial charge in [0.15, 0.2) is 0 Å². The third kappa shape index (κ3) is 3.38. The van der Waals surface area contributed by atoms with Gasteiger partial charge in [-0.25, -0.2) is 0 Å². The molecule has 0 saturated carbocycles. The summed E-state index contributed by atoms with van der Waals surface area (Å²) in [5.74, 6) is -1.41. The molecule has 2 saturated heterocycles. The van der Waals surface area contributed by atoms with Gasteiger partial charge in [0.1, 0.15) is 0 Å². The van der Waals surface area contributed by atoms with Crippen molar-refractivity contribution in [3.05, 3.63) is 59.1 Å². The van der Waals surface area contributed by atoms with Crippen molar-refractivity contribution in [1.82, 2.24) is 4.90 Å². The van der Waals surface area contributed by atoms with Crippen LogP contribution in [0, 0.1) is 0 Å². The maximum absolute atomic E-state index is 13.5. The number of hydrogen-bond donors (Lipinski definition) is 0. The van der Waals surface area contributed by atoms with Crippen LogP contribution in [0.1, 0.15) is 18.9 Å². The molecule has 158 valence electrons. The first-order valence-corrected chi connectivity index (χ1v) is 10.9. The zero-order valence-corrected chi connectivity index (χ0v) is 17.8. The first-order chi connectivity index (χ1) is 14.6. The molecule has 6 nitrogen and oxygen atoms in total. The van der Waals surface area contributed by atoms with E-state index >= 15 is 0 Å². The minimum Gasteiger partial charge on any atom is -0.369 e. The van der Waals surface area contributed by atoms with Gasteiger partial charge in [0.25, 0.3) is 11.7 Å². The summed E-state index contributed by atoms with van der Waals surface area (Å²) >= 11 is 6.15. The van der Waals surface area contributed by atoms with Gasteiger partial charge in [-0.2, -0.15) is 0 Å². The second-order valence-corrected chi connectivity index (χ2v) is 8.60. The van der Waals surface area contributed by atoms with Gasteiger partial charge in [-0.3, -0.25) is 14.6 Å². The van der Waals surface area contributed by atoms with Crippen LogP contribution >= 0.6 is 11.6 Å². The summed E-state index contributed by atoms with van der Waals surface area (Å²) in [5.41, 5.74) is 2.84. The molecule has 2 aromatic carbocycles. The Morgan fingerprint density at radius 1 is 1.10 bits per heavy atom. The lowest BCUT2D eigenvalue weighted by Gasteiger charge is -2.39. The molecule has 0 radical (unpaired) electrons. The Bertz CT molecular complexity index is 947. The Morgan fingerprint density at radius 3 is 2.67 bits per heavy atom. The summed E-state index contributed by atoms with van der Waals surface area (Å²) < 4.78 is 12.1. The molecule has 0 aliphatic carbocycles. The molecule has 2 atom stereocenters. The van der Waals surface area contributed by atoms with Gasteiger partial charge < -0.3 is 14.4 Å². The predicted molar refractivity (Wildman–Crippen MR) is 117 cm³/mol. The molecule has 0 bridgehead atoms. The van der Waals surface area contributed by atoms with E-state index in [2.05, 4.69) is 15.9 Å². The summed E-state index contributed by atoms with van der Waals surface area (Å²) in [6, 6.07) is 15.8. The van der Waals surface area contributed by atoms with E-state index in [0.29, 0.717) is 13.3 Å². The Balaban J connectivity index is 1.32. The van der Waals surface area contributed by atoms with E-state index in [-0.39, 0.29) is 12.0 Å². The van der Waals surface area contributed by atoms with Gasteiger partial charge in [0.2, 0.25) is 0 Å². The van der Waals surface area contributed by atoms with Gasteiger partial charge in [-0.15, -0.1) is 0 Å². The first-order valence-electron chi connectivity index (χ1n) is 10.5. The molecular formula is C23H26ClN3O3. The highest BCUT2D eigenvalue weighted by Crippen LogP contribution is 2.46. The number of nitrogens with zero attached hydrogens (tertiary/aromatic N) is 3. The summed E-state index contributed by atoms with van der Waals surface area (Å²) in [6.45, 7) is 6.55. The van der Waals surface area contributed by atoms with Gasteiger partial charge >= 0.3 is 0 Å². The fourth-order valence-corrected chi connectivity index (χ4v) is 4.73. The number of carbonyl (C=O) groups is 1. The molecule has 1 amide bonds. The second-order valence-electron chi connectivity index (χ2n) is 8.16. The van der Waals surface area contributed by atoms with Crippen molar-refractivity contribution < 1.29 is 14.3 Å². The SMILES string of the molecule is C[C@H]1CCO[C@@]2(O1)C(=O)N(CN1CCN(c3cccc(Cl)c3)CC1)c1ccccc12. The minimum atomic E-state index is -1.29. The number of ether oxygens (including phenoxy) is 2. The van der Waals surface area contributed by atoms with Crippen molar-refractivity contribution >= 4 is 28.9 Å². The van der Waals surface area contributed by atoms with E-state index in [1.807, 2.05) is 54.3 Å². The lowest BCUT2D eigenvalue weighted by atomic mass is 10.1. The molecule has 7 heteroatoms. The second kappa shape index (κ2) is 7.85. The van der Waals surface area contributed by atoms with Crippen molar-refractivity contribution in [2.45, 2.75) is 25.2 Å². The standard InChI is InChI=1S/C23H26ClN3O3/c1-17-9-14-29-23(30-17)20-7-2-3-8-21(20)27(22(23)28)16-25-10-12-26(13-11-25)19-6-4-5-18(24)15-19/h2-8,15,17H,9-14,16H2,1H3/t17-,23-/m0/s1. The number of fused-ring (bicyclic) bond motifs is 2. The normalized spacial score (nSPS) is 27.0. The summed E-state index contributed by atoms with van der Waals surface area (Å²) in [7, 11) is 0. The smallest absolute Gasteiger partial charge is 0.293 e.